The van der Waals surface area contributed by atoms with Gasteiger partial charge in [-0.05, 0) is 19.2 Å². The van der Waals surface area contributed by atoms with Crippen LogP contribution in [0.2, 0.25) is 0 Å². The lowest BCUT2D eigenvalue weighted by atomic mass is 10.4. The Morgan fingerprint density at radius 2 is 2.05 bits per heavy atom. The summed E-state index contributed by atoms with van der Waals surface area (Å²) in [6.45, 7) is 1.33. The molecule has 0 spiro atoms. The maximum atomic E-state index is 12.1. The van der Waals surface area contributed by atoms with Crippen molar-refractivity contribution in [3.05, 3.63) is 36.9 Å². The first-order valence-electron chi connectivity index (χ1n) is 5.72. The molecule has 0 saturated heterocycles. The summed E-state index contributed by atoms with van der Waals surface area (Å²) in [5.74, 6) is 0. The fraction of sp³-hybridized carbons (Fsp3) is 0.273. The molecule has 0 amide bonds. The van der Waals surface area contributed by atoms with Gasteiger partial charge in [0.1, 0.15) is 4.90 Å². The molecule has 2 rings (SSSR count). The SMILES string of the molecule is CNCCn1cc(S(=O)(=O)Nc2ccncc2)cn1. The monoisotopic (exact) mass is 281 g/mol. The Kier molecular flexibility index (Phi) is 4.13. The number of hydrogen-bond acceptors (Lipinski definition) is 5. The van der Waals surface area contributed by atoms with Crippen LogP contribution in [0.1, 0.15) is 0 Å². The number of sulfonamides is 1. The van der Waals surface area contributed by atoms with Gasteiger partial charge >= 0.3 is 0 Å². The van der Waals surface area contributed by atoms with Crippen molar-refractivity contribution < 1.29 is 8.42 Å². The zero-order chi connectivity index (χ0) is 13.7. The Morgan fingerprint density at radius 3 is 2.74 bits per heavy atom. The second-order valence-corrected chi connectivity index (χ2v) is 5.57. The van der Waals surface area contributed by atoms with Gasteiger partial charge in [-0.15, -0.1) is 0 Å². The van der Waals surface area contributed by atoms with Gasteiger partial charge < -0.3 is 5.32 Å². The summed E-state index contributed by atoms with van der Waals surface area (Å²) in [6, 6.07) is 3.17. The second kappa shape index (κ2) is 5.81. The first kappa shape index (κ1) is 13.5. The quantitative estimate of drug-likeness (QED) is 0.795. The number of aromatic nitrogens is 3. The van der Waals surface area contributed by atoms with Crippen LogP contribution < -0.4 is 10.0 Å². The van der Waals surface area contributed by atoms with E-state index in [0.717, 1.165) is 6.54 Å². The minimum absolute atomic E-state index is 0.139. The van der Waals surface area contributed by atoms with E-state index >= 15 is 0 Å². The topological polar surface area (TPSA) is 88.9 Å². The highest BCUT2D eigenvalue weighted by Gasteiger charge is 2.16. The molecule has 7 nitrogen and oxygen atoms in total. The Morgan fingerprint density at radius 1 is 1.32 bits per heavy atom. The summed E-state index contributed by atoms with van der Waals surface area (Å²) in [5.41, 5.74) is 0.470. The molecule has 2 N–H and O–H groups in total. The lowest BCUT2D eigenvalue weighted by Crippen LogP contribution is -2.15. The number of nitrogens with zero attached hydrogens (tertiary/aromatic N) is 3. The van der Waals surface area contributed by atoms with Gasteiger partial charge in [0.2, 0.25) is 0 Å². The van der Waals surface area contributed by atoms with E-state index in [1.165, 1.54) is 24.8 Å². The highest BCUT2D eigenvalue weighted by molar-refractivity contribution is 7.92. The average molecular weight is 281 g/mol. The third-order valence-electron chi connectivity index (χ3n) is 2.44. The first-order valence-corrected chi connectivity index (χ1v) is 7.20. The summed E-state index contributed by atoms with van der Waals surface area (Å²) in [5, 5.41) is 6.98. The Labute approximate surface area is 111 Å². The van der Waals surface area contributed by atoms with Crippen LogP contribution in [0.15, 0.2) is 41.8 Å². The standard InChI is InChI=1S/C11H15N5O2S/c1-12-6-7-16-9-11(8-14-16)19(17,18)15-10-2-4-13-5-3-10/h2-5,8-9,12H,6-7H2,1H3,(H,13,15). The first-order chi connectivity index (χ1) is 9.12. The van der Waals surface area contributed by atoms with E-state index < -0.39 is 10.0 Å². The van der Waals surface area contributed by atoms with E-state index in [-0.39, 0.29) is 4.90 Å². The van der Waals surface area contributed by atoms with E-state index in [2.05, 4.69) is 20.1 Å². The summed E-state index contributed by atoms with van der Waals surface area (Å²) >= 11 is 0. The predicted octanol–water partition coefficient (Wildman–Crippen LogP) is 0.298. The van der Waals surface area contributed by atoms with E-state index in [1.54, 1.807) is 16.8 Å². The van der Waals surface area contributed by atoms with Crippen molar-refractivity contribution in [1.29, 1.82) is 0 Å². The van der Waals surface area contributed by atoms with Crippen LogP contribution in [-0.2, 0) is 16.6 Å². The molecule has 2 aromatic rings. The van der Waals surface area contributed by atoms with Crippen LogP contribution in [0.4, 0.5) is 5.69 Å². The molecular formula is C11H15N5O2S. The summed E-state index contributed by atoms with van der Waals surface area (Å²) in [6.07, 6.45) is 5.88. The van der Waals surface area contributed by atoms with Crippen molar-refractivity contribution in [2.24, 2.45) is 0 Å². The lowest BCUT2D eigenvalue weighted by molar-refractivity contribution is 0.582. The molecule has 0 saturated carbocycles. The van der Waals surface area contributed by atoms with Crippen molar-refractivity contribution in [1.82, 2.24) is 20.1 Å². The fourth-order valence-corrected chi connectivity index (χ4v) is 2.48. The van der Waals surface area contributed by atoms with Crippen LogP contribution in [0.5, 0.6) is 0 Å². The number of likely N-dealkylation sites (N-methyl/N-ethyl adjacent to an activating group) is 1. The normalized spacial score (nSPS) is 11.4. The number of rotatable bonds is 6. The van der Waals surface area contributed by atoms with Crippen molar-refractivity contribution in [2.45, 2.75) is 11.4 Å². The van der Waals surface area contributed by atoms with Crippen LogP contribution in [0.25, 0.3) is 0 Å². The number of anilines is 1. The second-order valence-electron chi connectivity index (χ2n) is 3.88. The molecule has 0 aliphatic rings. The predicted molar refractivity (Wildman–Crippen MR) is 71.2 cm³/mol. The van der Waals surface area contributed by atoms with Gasteiger partial charge in [0.15, 0.2) is 0 Å². The molecule has 102 valence electrons. The molecule has 0 radical (unpaired) electrons. The van der Waals surface area contributed by atoms with E-state index in [1.807, 2.05) is 7.05 Å². The van der Waals surface area contributed by atoms with Crippen LogP contribution >= 0.6 is 0 Å². The van der Waals surface area contributed by atoms with Gasteiger partial charge in [-0.1, -0.05) is 0 Å². The third kappa shape index (κ3) is 3.52. The van der Waals surface area contributed by atoms with E-state index in [4.69, 9.17) is 0 Å². The number of pyridine rings is 1. The minimum Gasteiger partial charge on any atom is -0.318 e. The number of nitrogens with one attached hydrogen (secondary N) is 2. The highest BCUT2D eigenvalue weighted by atomic mass is 32.2. The zero-order valence-electron chi connectivity index (χ0n) is 10.4. The molecule has 0 aliphatic heterocycles. The summed E-state index contributed by atoms with van der Waals surface area (Å²) in [4.78, 5) is 3.97. The van der Waals surface area contributed by atoms with Crippen LogP contribution in [-0.4, -0.2) is 36.8 Å². The molecule has 8 heteroatoms. The minimum atomic E-state index is -3.60. The fourth-order valence-electron chi connectivity index (χ4n) is 1.47. The van der Waals surface area contributed by atoms with Crippen molar-refractivity contribution in [2.75, 3.05) is 18.3 Å². The molecule has 0 unspecified atom stereocenters. The third-order valence-corrected chi connectivity index (χ3v) is 3.78. The number of hydrogen-bond donors (Lipinski definition) is 2. The van der Waals surface area contributed by atoms with Gasteiger partial charge in [0.05, 0.1) is 18.4 Å². The van der Waals surface area contributed by atoms with Crippen LogP contribution in [0.3, 0.4) is 0 Å². The lowest BCUT2D eigenvalue weighted by Gasteiger charge is -2.05. The Hall–Kier alpha value is -1.93. The zero-order valence-corrected chi connectivity index (χ0v) is 11.3. The van der Waals surface area contributed by atoms with Crippen molar-refractivity contribution >= 4 is 15.7 Å². The maximum absolute atomic E-state index is 12.1. The molecule has 0 fully saturated rings. The van der Waals surface area contributed by atoms with Gasteiger partial charge in [-0.3, -0.25) is 14.4 Å². The maximum Gasteiger partial charge on any atom is 0.265 e. The average Bonchev–Trinajstić information content (AvgIpc) is 2.86. The Balaban J connectivity index is 2.13. The Bertz CT molecular complexity index is 624. The molecule has 2 aromatic heterocycles. The molecule has 0 bridgehead atoms. The molecule has 19 heavy (non-hydrogen) atoms. The highest BCUT2D eigenvalue weighted by Crippen LogP contribution is 2.14. The van der Waals surface area contributed by atoms with E-state index in [0.29, 0.717) is 12.2 Å². The molecular weight excluding hydrogens is 266 g/mol. The summed E-state index contributed by atoms with van der Waals surface area (Å²) < 4.78 is 28.2. The molecule has 0 aromatic carbocycles. The van der Waals surface area contributed by atoms with Gasteiger partial charge in [-0.25, -0.2) is 8.42 Å². The van der Waals surface area contributed by atoms with E-state index in [9.17, 15) is 8.42 Å². The van der Waals surface area contributed by atoms with Gasteiger partial charge in [0, 0.05) is 25.1 Å². The van der Waals surface area contributed by atoms with Gasteiger partial charge in [-0.2, -0.15) is 5.10 Å². The molecule has 2 heterocycles. The summed E-state index contributed by atoms with van der Waals surface area (Å²) in [7, 11) is -1.77. The van der Waals surface area contributed by atoms with Gasteiger partial charge in [0.25, 0.3) is 10.0 Å². The van der Waals surface area contributed by atoms with Crippen molar-refractivity contribution in [3.8, 4) is 0 Å². The molecule has 0 aliphatic carbocycles. The largest absolute Gasteiger partial charge is 0.318 e. The van der Waals surface area contributed by atoms with Crippen LogP contribution in [0, 0.1) is 0 Å². The smallest absolute Gasteiger partial charge is 0.265 e. The molecule has 0 atom stereocenters. The van der Waals surface area contributed by atoms with Crippen molar-refractivity contribution in [3.63, 3.8) is 0 Å².